The smallest absolute Gasteiger partial charge is 0.115 e. The number of nitrogens with one attached hydrogen (secondary N) is 1. The van der Waals surface area contributed by atoms with Gasteiger partial charge in [0.15, 0.2) is 0 Å². The Bertz CT molecular complexity index is 326. The van der Waals surface area contributed by atoms with E-state index in [4.69, 9.17) is 0 Å². The fraction of sp³-hybridized carbons (Fsp3) is 0.600. The van der Waals surface area contributed by atoms with Crippen LogP contribution in [0.3, 0.4) is 0 Å². The SMILES string of the molecule is CSCCC(C)NC(C)CCc1ccc(O)cc1. The van der Waals surface area contributed by atoms with E-state index >= 15 is 0 Å². The Hall–Kier alpha value is -0.670. The summed E-state index contributed by atoms with van der Waals surface area (Å²) in [5, 5.41) is 12.9. The fourth-order valence-electron chi connectivity index (χ4n) is 1.99. The maximum atomic E-state index is 9.22. The first kappa shape index (κ1) is 15.4. The van der Waals surface area contributed by atoms with Crippen LogP contribution in [0.2, 0.25) is 0 Å². The number of hydrogen-bond donors (Lipinski definition) is 2. The highest BCUT2D eigenvalue weighted by Crippen LogP contribution is 2.12. The standard InChI is InChI=1S/C15H25NOS/c1-12(16-13(2)10-11-18-3)4-5-14-6-8-15(17)9-7-14/h6-9,12-13,16-17H,4-5,10-11H2,1-3H3. The second kappa shape index (κ2) is 8.44. The predicted molar refractivity (Wildman–Crippen MR) is 81.5 cm³/mol. The van der Waals surface area contributed by atoms with Crippen LogP contribution >= 0.6 is 11.8 Å². The highest BCUT2D eigenvalue weighted by Gasteiger charge is 2.07. The van der Waals surface area contributed by atoms with Crippen molar-refractivity contribution in [3.8, 4) is 5.75 Å². The number of phenolic OH excluding ortho intramolecular Hbond substituents is 1. The van der Waals surface area contributed by atoms with Crippen molar-refractivity contribution >= 4 is 11.8 Å². The summed E-state index contributed by atoms with van der Waals surface area (Å²) in [4.78, 5) is 0. The van der Waals surface area contributed by atoms with Gasteiger partial charge in [0.25, 0.3) is 0 Å². The third kappa shape index (κ3) is 6.31. The number of hydrogen-bond acceptors (Lipinski definition) is 3. The second-order valence-electron chi connectivity index (χ2n) is 4.96. The van der Waals surface area contributed by atoms with Crippen LogP contribution in [0, 0.1) is 0 Å². The van der Waals surface area contributed by atoms with Gasteiger partial charge in [-0.15, -0.1) is 0 Å². The summed E-state index contributed by atoms with van der Waals surface area (Å²) in [6, 6.07) is 8.64. The van der Waals surface area contributed by atoms with E-state index in [1.165, 1.54) is 17.7 Å². The molecule has 0 aliphatic heterocycles. The van der Waals surface area contributed by atoms with E-state index in [2.05, 4.69) is 25.4 Å². The van der Waals surface area contributed by atoms with Crippen LogP contribution in [-0.2, 0) is 6.42 Å². The molecule has 0 aromatic heterocycles. The molecule has 2 nitrogen and oxygen atoms in total. The molecule has 102 valence electrons. The lowest BCUT2D eigenvalue weighted by atomic mass is 10.1. The molecule has 0 amide bonds. The molecule has 3 heteroatoms. The van der Waals surface area contributed by atoms with Gasteiger partial charge in [-0.2, -0.15) is 11.8 Å². The fourth-order valence-corrected chi connectivity index (χ4v) is 2.58. The molecule has 0 fully saturated rings. The summed E-state index contributed by atoms with van der Waals surface area (Å²) < 4.78 is 0. The first-order valence-electron chi connectivity index (χ1n) is 6.64. The Morgan fingerprint density at radius 3 is 2.33 bits per heavy atom. The number of benzene rings is 1. The average molecular weight is 267 g/mol. The van der Waals surface area contributed by atoms with Crippen molar-refractivity contribution in [1.82, 2.24) is 5.32 Å². The number of aromatic hydroxyl groups is 1. The van der Waals surface area contributed by atoms with Gasteiger partial charge in [-0.25, -0.2) is 0 Å². The molecule has 0 aliphatic rings. The third-order valence-electron chi connectivity index (χ3n) is 3.13. The number of thioether (sulfide) groups is 1. The molecule has 1 aromatic carbocycles. The molecule has 0 heterocycles. The molecule has 2 atom stereocenters. The lowest BCUT2D eigenvalue weighted by molar-refractivity contribution is 0.440. The minimum absolute atomic E-state index is 0.343. The Balaban J connectivity index is 2.24. The molecule has 0 saturated carbocycles. The van der Waals surface area contributed by atoms with Crippen molar-refractivity contribution in [3.05, 3.63) is 29.8 Å². The van der Waals surface area contributed by atoms with E-state index in [0.29, 0.717) is 17.8 Å². The highest BCUT2D eigenvalue weighted by atomic mass is 32.2. The van der Waals surface area contributed by atoms with E-state index in [0.717, 1.165) is 12.8 Å². The highest BCUT2D eigenvalue weighted by molar-refractivity contribution is 7.98. The molecular weight excluding hydrogens is 242 g/mol. The van der Waals surface area contributed by atoms with Gasteiger partial charge in [-0.3, -0.25) is 0 Å². The summed E-state index contributed by atoms with van der Waals surface area (Å²) in [5.41, 5.74) is 1.29. The molecule has 1 aromatic rings. The normalized spacial score (nSPS) is 14.4. The summed E-state index contributed by atoms with van der Waals surface area (Å²) in [6.07, 6.45) is 5.57. The lowest BCUT2D eigenvalue weighted by Crippen LogP contribution is -2.35. The second-order valence-corrected chi connectivity index (χ2v) is 5.94. The summed E-state index contributed by atoms with van der Waals surface area (Å²) in [7, 11) is 0. The summed E-state index contributed by atoms with van der Waals surface area (Å²) in [5.74, 6) is 1.56. The molecule has 2 N–H and O–H groups in total. The largest absolute Gasteiger partial charge is 0.508 e. The van der Waals surface area contributed by atoms with Crippen LogP contribution in [0.25, 0.3) is 0 Å². The number of phenols is 1. The quantitative estimate of drug-likeness (QED) is 0.756. The molecular formula is C15H25NOS. The van der Waals surface area contributed by atoms with Gasteiger partial charge < -0.3 is 10.4 Å². The van der Waals surface area contributed by atoms with Crippen molar-refractivity contribution in [2.24, 2.45) is 0 Å². The molecule has 0 spiro atoms. The van der Waals surface area contributed by atoms with E-state index in [9.17, 15) is 5.11 Å². The maximum Gasteiger partial charge on any atom is 0.115 e. The topological polar surface area (TPSA) is 32.3 Å². The first-order valence-corrected chi connectivity index (χ1v) is 8.04. The minimum atomic E-state index is 0.343. The van der Waals surface area contributed by atoms with Crippen molar-refractivity contribution in [3.63, 3.8) is 0 Å². The van der Waals surface area contributed by atoms with Crippen molar-refractivity contribution in [2.75, 3.05) is 12.0 Å². The van der Waals surface area contributed by atoms with E-state index < -0.39 is 0 Å². The Morgan fingerprint density at radius 1 is 1.11 bits per heavy atom. The molecule has 0 bridgehead atoms. The van der Waals surface area contributed by atoms with E-state index in [1.54, 1.807) is 12.1 Å². The number of aryl methyl sites for hydroxylation is 1. The molecule has 1 rings (SSSR count). The maximum absolute atomic E-state index is 9.22. The Morgan fingerprint density at radius 2 is 1.72 bits per heavy atom. The van der Waals surface area contributed by atoms with Crippen LogP contribution in [-0.4, -0.2) is 29.2 Å². The van der Waals surface area contributed by atoms with Gasteiger partial charge in [-0.1, -0.05) is 12.1 Å². The molecule has 0 radical (unpaired) electrons. The van der Waals surface area contributed by atoms with Crippen LogP contribution in [0.5, 0.6) is 5.75 Å². The van der Waals surface area contributed by atoms with Crippen molar-refractivity contribution in [2.45, 2.75) is 45.2 Å². The molecule has 0 saturated heterocycles. The average Bonchev–Trinajstić information content (AvgIpc) is 2.35. The van der Waals surface area contributed by atoms with E-state index in [-0.39, 0.29) is 0 Å². The van der Waals surface area contributed by atoms with Gasteiger partial charge >= 0.3 is 0 Å². The summed E-state index contributed by atoms with van der Waals surface area (Å²) in [6.45, 7) is 4.50. The number of rotatable bonds is 8. The molecule has 0 aliphatic carbocycles. The van der Waals surface area contributed by atoms with Crippen LogP contribution < -0.4 is 5.32 Å². The zero-order valence-corrected chi connectivity index (χ0v) is 12.5. The summed E-state index contributed by atoms with van der Waals surface area (Å²) >= 11 is 1.90. The molecule has 2 unspecified atom stereocenters. The minimum Gasteiger partial charge on any atom is -0.508 e. The lowest BCUT2D eigenvalue weighted by Gasteiger charge is -2.19. The van der Waals surface area contributed by atoms with Gasteiger partial charge in [0.05, 0.1) is 0 Å². The van der Waals surface area contributed by atoms with Gasteiger partial charge in [0, 0.05) is 12.1 Å². The van der Waals surface area contributed by atoms with E-state index in [1.807, 2.05) is 23.9 Å². The zero-order chi connectivity index (χ0) is 13.4. The third-order valence-corrected chi connectivity index (χ3v) is 3.77. The van der Waals surface area contributed by atoms with Crippen LogP contribution in [0.1, 0.15) is 32.3 Å². The van der Waals surface area contributed by atoms with Gasteiger partial charge in [0.2, 0.25) is 0 Å². The van der Waals surface area contributed by atoms with Crippen molar-refractivity contribution in [1.29, 1.82) is 0 Å². The van der Waals surface area contributed by atoms with Gasteiger partial charge in [0.1, 0.15) is 5.75 Å². The van der Waals surface area contributed by atoms with Crippen LogP contribution in [0.15, 0.2) is 24.3 Å². The zero-order valence-electron chi connectivity index (χ0n) is 11.6. The van der Waals surface area contributed by atoms with Crippen LogP contribution in [0.4, 0.5) is 0 Å². The first-order chi connectivity index (χ1) is 8.61. The monoisotopic (exact) mass is 267 g/mol. The predicted octanol–water partition coefficient (Wildman–Crippen LogP) is 3.44. The Labute approximate surface area is 115 Å². The van der Waals surface area contributed by atoms with Crippen molar-refractivity contribution < 1.29 is 5.11 Å². The Kier molecular flexibility index (Phi) is 7.21. The van der Waals surface area contributed by atoms with Gasteiger partial charge in [-0.05, 0) is 62.8 Å². The molecule has 18 heavy (non-hydrogen) atoms.